The number of carbonyl (C=O) groups excluding carboxylic acids is 1. The normalized spacial score (nSPS) is 18.7. The Kier molecular flexibility index (Phi) is 2.29. The first-order valence-electron chi connectivity index (χ1n) is 6.03. The van der Waals surface area contributed by atoms with E-state index >= 15 is 0 Å². The lowest BCUT2D eigenvalue weighted by Gasteiger charge is -2.19. The molecule has 0 aliphatic carbocycles. The van der Waals surface area contributed by atoms with Crippen molar-refractivity contribution in [3.05, 3.63) is 48.4 Å². The van der Waals surface area contributed by atoms with Gasteiger partial charge in [-0.15, -0.1) is 0 Å². The first-order valence-corrected chi connectivity index (χ1v) is 6.91. The Labute approximate surface area is 113 Å². The molecule has 0 radical (unpaired) electrons. The van der Waals surface area contributed by atoms with Crippen LogP contribution in [0.2, 0.25) is 0 Å². The van der Waals surface area contributed by atoms with Crippen molar-refractivity contribution in [1.82, 2.24) is 9.55 Å². The van der Waals surface area contributed by atoms with Crippen LogP contribution < -0.4 is 0 Å². The van der Waals surface area contributed by atoms with Gasteiger partial charge in [0.15, 0.2) is 5.16 Å². The standard InChI is InChI=1S/C14H10N2O2S/c17-13-8-12(11-6-3-7-18-11)19-14-15-9-4-1-2-5-10(9)16(13)14/h1-7,12H,8H2/t12-/m0/s1. The molecule has 5 heteroatoms. The fraction of sp³-hybridized carbons (Fsp3) is 0.143. The zero-order valence-electron chi connectivity index (χ0n) is 9.95. The maximum Gasteiger partial charge on any atom is 0.234 e. The van der Waals surface area contributed by atoms with Crippen molar-refractivity contribution in [1.29, 1.82) is 0 Å². The SMILES string of the molecule is O=C1C[C@@H](c2ccco2)Sc2nc3ccccc3n21. The van der Waals surface area contributed by atoms with Crippen LogP contribution in [-0.4, -0.2) is 15.5 Å². The van der Waals surface area contributed by atoms with Crippen LogP contribution in [-0.2, 0) is 0 Å². The van der Waals surface area contributed by atoms with E-state index < -0.39 is 0 Å². The molecule has 0 fully saturated rings. The van der Waals surface area contributed by atoms with Gasteiger partial charge in [-0.05, 0) is 24.3 Å². The lowest BCUT2D eigenvalue weighted by Crippen LogP contribution is -2.19. The number of aromatic nitrogens is 2. The van der Waals surface area contributed by atoms with Gasteiger partial charge in [0.1, 0.15) is 5.76 Å². The molecule has 1 aromatic carbocycles. The van der Waals surface area contributed by atoms with E-state index in [0.717, 1.165) is 22.0 Å². The number of carbonyl (C=O) groups is 1. The van der Waals surface area contributed by atoms with E-state index in [1.165, 1.54) is 0 Å². The molecule has 1 aliphatic heterocycles. The summed E-state index contributed by atoms with van der Waals surface area (Å²) in [6, 6.07) is 11.5. The Balaban J connectivity index is 1.85. The summed E-state index contributed by atoms with van der Waals surface area (Å²) in [5.41, 5.74) is 1.74. The molecule has 2 aromatic heterocycles. The van der Waals surface area contributed by atoms with Gasteiger partial charge in [-0.1, -0.05) is 23.9 Å². The summed E-state index contributed by atoms with van der Waals surface area (Å²) in [6.07, 6.45) is 2.07. The minimum absolute atomic E-state index is 0.0202. The summed E-state index contributed by atoms with van der Waals surface area (Å²) in [4.78, 5) is 16.9. The maximum absolute atomic E-state index is 12.3. The highest BCUT2D eigenvalue weighted by Gasteiger charge is 2.30. The fourth-order valence-corrected chi connectivity index (χ4v) is 3.56. The molecule has 1 atom stereocenters. The Morgan fingerprint density at radius 1 is 1.26 bits per heavy atom. The minimum atomic E-state index is 0.0202. The number of imidazole rings is 1. The maximum atomic E-state index is 12.3. The van der Waals surface area contributed by atoms with Crippen molar-refractivity contribution in [2.24, 2.45) is 0 Å². The van der Waals surface area contributed by atoms with Crippen LogP contribution >= 0.6 is 11.8 Å². The van der Waals surface area contributed by atoms with Gasteiger partial charge in [-0.2, -0.15) is 0 Å². The van der Waals surface area contributed by atoms with E-state index in [1.54, 1.807) is 22.6 Å². The van der Waals surface area contributed by atoms with E-state index in [-0.39, 0.29) is 11.2 Å². The van der Waals surface area contributed by atoms with Crippen molar-refractivity contribution >= 4 is 28.7 Å². The van der Waals surface area contributed by atoms with E-state index in [2.05, 4.69) is 4.98 Å². The van der Waals surface area contributed by atoms with Gasteiger partial charge in [-0.3, -0.25) is 9.36 Å². The third kappa shape index (κ3) is 1.62. The molecular weight excluding hydrogens is 260 g/mol. The third-order valence-electron chi connectivity index (χ3n) is 3.25. The highest BCUT2D eigenvalue weighted by molar-refractivity contribution is 7.99. The van der Waals surface area contributed by atoms with Crippen LogP contribution in [0.15, 0.2) is 52.2 Å². The van der Waals surface area contributed by atoms with E-state index in [1.807, 2.05) is 36.4 Å². The predicted molar refractivity (Wildman–Crippen MR) is 72.3 cm³/mol. The number of hydrogen-bond donors (Lipinski definition) is 0. The Morgan fingerprint density at radius 3 is 3.00 bits per heavy atom. The number of hydrogen-bond acceptors (Lipinski definition) is 4. The van der Waals surface area contributed by atoms with Crippen molar-refractivity contribution < 1.29 is 9.21 Å². The number of benzene rings is 1. The second-order valence-electron chi connectivity index (χ2n) is 4.44. The average molecular weight is 270 g/mol. The number of fused-ring (bicyclic) bond motifs is 3. The molecule has 1 aliphatic rings. The zero-order valence-corrected chi connectivity index (χ0v) is 10.8. The largest absolute Gasteiger partial charge is 0.468 e. The van der Waals surface area contributed by atoms with Gasteiger partial charge in [0.05, 0.1) is 22.5 Å². The summed E-state index contributed by atoms with van der Waals surface area (Å²) in [5.74, 6) is 0.903. The second-order valence-corrected chi connectivity index (χ2v) is 5.61. The number of thioether (sulfide) groups is 1. The first kappa shape index (κ1) is 10.9. The van der Waals surface area contributed by atoms with Crippen LogP contribution in [0.3, 0.4) is 0 Å². The number of rotatable bonds is 1. The summed E-state index contributed by atoms with van der Waals surface area (Å²) in [5, 5.41) is 0.769. The zero-order chi connectivity index (χ0) is 12.8. The first-order chi connectivity index (χ1) is 9.33. The molecule has 0 saturated heterocycles. The third-order valence-corrected chi connectivity index (χ3v) is 4.42. The van der Waals surface area contributed by atoms with Crippen molar-refractivity contribution in [2.75, 3.05) is 0 Å². The molecule has 0 saturated carbocycles. The van der Waals surface area contributed by atoms with Gasteiger partial charge in [0, 0.05) is 6.42 Å². The number of para-hydroxylation sites is 2. The topological polar surface area (TPSA) is 48.0 Å². The number of furan rings is 1. The van der Waals surface area contributed by atoms with Crippen LogP contribution in [0.25, 0.3) is 11.0 Å². The molecule has 0 unspecified atom stereocenters. The molecule has 19 heavy (non-hydrogen) atoms. The molecule has 3 aromatic rings. The minimum Gasteiger partial charge on any atom is -0.468 e. The second kappa shape index (κ2) is 3.99. The van der Waals surface area contributed by atoms with Crippen molar-refractivity contribution in [2.45, 2.75) is 16.8 Å². The van der Waals surface area contributed by atoms with E-state index in [4.69, 9.17) is 4.42 Å². The quantitative estimate of drug-likeness (QED) is 0.679. The fourth-order valence-electron chi connectivity index (χ4n) is 2.38. The summed E-state index contributed by atoms with van der Waals surface area (Å²) >= 11 is 1.58. The lowest BCUT2D eigenvalue weighted by atomic mass is 10.2. The average Bonchev–Trinajstić information content (AvgIpc) is 3.05. The van der Waals surface area contributed by atoms with E-state index in [9.17, 15) is 4.79 Å². The smallest absolute Gasteiger partial charge is 0.234 e. The molecule has 0 spiro atoms. The number of nitrogens with zero attached hydrogens (tertiary/aromatic N) is 2. The molecular formula is C14H10N2O2S. The van der Waals surface area contributed by atoms with Crippen LogP contribution in [0, 0.1) is 0 Å². The molecule has 94 valence electrons. The van der Waals surface area contributed by atoms with Crippen LogP contribution in [0.4, 0.5) is 0 Å². The molecule has 0 N–H and O–H groups in total. The lowest BCUT2D eigenvalue weighted by molar-refractivity contribution is 0.0889. The molecule has 4 nitrogen and oxygen atoms in total. The van der Waals surface area contributed by atoms with Crippen molar-refractivity contribution in [3.63, 3.8) is 0 Å². The Bertz CT molecular complexity index is 761. The Hall–Kier alpha value is -2.01. The monoisotopic (exact) mass is 270 g/mol. The predicted octanol–water partition coefficient (Wildman–Crippen LogP) is 3.51. The summed E-state index contributed by atoms with van der Waals surface area (Å²) < 4.78 is 7.11. The molecule has 0 amide bonds. The molecule has 0 bridgehead atoms. The van der Waals surface area contributed by atoms with Crippen LogP contribution in [0.1, 0.15) is 22.2 Å². The van der Waals surface area contributed by atoms with E-state index in [0.29, 0.717) is 6.42 Å². The highest BCUT2D eigenvalue weighted by Crippen LogP contribution is 2.42. The summed E-state index contributed by atoms with van der Waals surface area (Å²) in [6.45, 7) is 0. The summed E-state index contributed by atoms with van der Waals surface area (Å²) in [7, 11) is 0. The van der Waals surface area contributed by atoms with Crippen molar-refractivity contribution in [3.8, 4) is 0 Å². The van der Waals surface area contributed by atoms with Gasteiger partial charge < -0.3 is 4.42 Å². The van der Waals surface area contributed by atoms with Crippen LogP contribution in [0.5, 0.6) is 0 Å². The highest BCUT2D eigenvalue weighted by atomic mass is 32.2. The molecule has 3 heterocycles. The van der Waals surface area contributed by atoms with Gasteiger partial charge in [0.2, 0.25) is 5.91 Å². The van der Waals surface area contributed by atoms with Gasteiger partial charge in [-0.25, -0.2) is 4.98 Å². The van der Waals surface area contributed by atoms with Gasteiger partial charge >= 0.3 is 0 Å². The molecule has 4 rings (SSSR count). The van der Waals surface area contributed by atoms with Gasteiger partial charge in [0.25, 0.3) is 0 Å². The Morgan fingerprint density at radius 2 is 2.16 bits per heavy atom.